The highest BCUT2D eigenvalue weighted by atomic mass is 16.2. The third-order valence-corrected chi connectivity index (χ3v) is 6.72. The molecule has 166 valence electrons. The SMILES string of the molecule is Cc1cc(C)nc(N2C[C@H]3CN(C(=O)c4c(-c5cccnc5)nn5ccccc45)C[C@H]3C2)n1. The summed E-state index contributed by atoms with van der Waals surface area (Å²) in [5.41, 5.74) is 4.98. The maximum absolute atomic E-state index is 13.8. The van der Waals surface area contributed by atoms with Gasteiger partial charge >= 0.3 is 0 Å². The van der Waals surface area contributed by atoms with Crippen LogP contribution in [-0.2, 0) is 0 Å². The fourth-order valence-corrected chi connectivity index (χ4v) is 5.24. The van der Waals surface area contributed by atoms with Crippen molar-refractivity contribution in [1.29, 1.82) is 0 Å². The summed E-state index contributed by atoms with van der Waals surface area (Å²) in [6, 6.07) is 11.6. The van der Waals surface area contributed by atoms with Gasteiger partial charge in [-0.1, -0.05) is 6.07 Å². The van der Waals surface area contributed by atoms with Crippen LogP contribution in [0.4, 0.5) is 5.95 Å². The Labute approximate surface area is 191 Å². The number of aryl methyl sites for hydroxylation is 2. The van der Waals surface area contributed by atoms with Crippen LogP contribution in [0.1, 0.15) is 21.7 Å². The van der Waals surface area contributed by atoms with Crippen LogP contribution in [0.5, 0.6) is 0 Å². The number of amides is 1. The Morgan fingerprint density at radius 1 is 0.970 bits per heavy atom. The quantitative estimate of drug-likeness (QED) is 0.488. The maximum Gasteiger partial charge on any atom is 0.258 e. The molecule has 2 aliphatic heterocycles. The molecule has 0 aromatic carbocycles. The van der Waals surface area contributed by atoms with Crippen molar-refractivity contribution < 1.29 is 4.79 Å². The van der Waals surface area contributed by atoms with Crippen molar-refractivity contribution >= 4 is 17.4 Å². The molecular formula is C25H25N7O. The molecule has 0 unspecified atom stereocenters. The Morgan fingerprint density at radius 2 is 1.73 bits per heavy atom. The fourth-order valence-electron chi connectivity index (χ4n) is 5.24. The summed E-state index contributed by atoms with van der Waals surface area (Å²) < 4.78 is 1.78. The lowest BCUT2D eigenvalue weighted by Gasteiger charge is -2.22. The molecule has 2 fully saturated rings. The molecule has 1 amide bonds. The monoisotopic (exact) mass is 439 g/mol. The number of carbonyl (C=O) groups is 1. The van der Waals surface area contributed by atoms with Gasteiger partial charge in [-0.2, -0.15) is 5.10 Å². The minimum Gasteiger partial charge on any atom is -0.340 e. The molecule has 8 heteroatoms. The van der Waals surface area contributed by atoms with Gasteiger partial charge in [0.1, 0.15) is 5.69 Å². The summed E-state index contributed by atoms with van der Waals surface area (Å²) in [5.74, 6) is 1.68. The third-order valence-electron chi connectivity index (χ3n) is 6.72. The summed E-state index contributed by atoms with van der Waals surface area (Å²) >= 11 is 0. The number of pyridine rings is 2. The Hall–Kier alpha value is -3.81. The van der Waals surface area contributed by atoms with Crippen molar-refractivity contribution in [2.75, 3.05) is 31.1 Å². The Morgan fingerprint density at radius 3 is 2.42 bits per heavy atom. The molecule has 0 N–H and O–H groups in total. The van der Waals surface area contributed by atoms with Gasteiger partial charge in [-0.05, 0) is 44.2 Å². The van der Waals surface area contributed by atoms with Crippen molar-refractivity contribution in [3.63, 3.8) is 0 Å². The van der Waals surface area contributed by atoms with E-state index in [1.54, 1.807) is 16.9 Å². The van der Waals surface area contributed by atoms with Gasteiger partial charge in [0.15, 0.2) is 0 Å². The Balaban J connectivity index is 1.27. The smallest absolute Gasteiger partial charge is 0.258 e. The van der Waals surface area contributed by atoms with Crippen LogP contribution >= 0.6 is 0 Å². The molecule has 6 heterocycles. The second-order valence-corrected chi connectivity index (χ2v) is 9.08. The predicted octanol–water partition coefficient (Wildman–Crippen LogP) is 3.01. The molecule has 0 spiro atoms. The van der Waals surface area contributed by atoms with Gasteiger partial charge in [-0.3, -0.25) is 9.78 Å². The highest BCUT2D eigenvalue weighted by Crippen LogP contribution is 2.35. The normalized spacial score (nSPS) is 19.9. The summed E-state index contributed by atoms with van der Waals surface area (Å²) in [5, 5.41) is 4.72. The largest absolute Gasteiger partial charge is 0.340 e. The average molecular weight is 440 g/mol. The summed E-state index contributed by atoms with van der Waals surface area (Å²) in [7, 11) is 0. The first-order valence-corrected chi connectivity index (χ1v) is 11.3. The zero-order valence-corrected chi connectivity index (χ0v) is 18.7. The van der Waals surface area contributed by atoms with E-state index < -0.39 is 0 Å². The van der Waals surface area contributed by atoms with Gasteiger partial charge in [-0.25, -0.2) is 14.5 Å². The van der Waals surface area contributed by atoms with Crippen LogP contribution in [0.3, 0.4) is 0 Å². The summed E-state index contributed by atoms with van der Waals surface area (Å²) in [6.45, 7) is 7.24. The van der Waals surface area contributed by atoms with Crippen LogP contribution in [0.15, 0.2) is 55.0 Å². The van der Waals surface area contributed by atoms with E-state index in [1.165, 1.54) is 0 Å². The van der Waals surface area contributed by atoms with Crippen molar-refractivity contribution in [2.45, 2.75) is 13.8 Å². The number of anilines is 1. The van der Waals surface area contributed by atoms with Crippen LogP contribution in [-0.4, -0.2) is 61.6 Å². The average Bonchev–Trinajstić information content (AvgIpc) is 3.50. The molecule has 0 saturated carbocycles. The second kappa shape index (κ2) is 7.65. The van der Waals surface area contributed by atoms with E-state index in [0.29, 0.717) is 23.1 Å². The highest BCUT2D eigenvalue weighted by molar-refractivity contribution is 6.06. The van der Waals surface area contributed by atoms with Crippen LogP contribution in [0.2, 0.25) is 0 Å². The highest BCUT2D eigenvalue weighted by Gasteiger charge is 2.43. The lowest BCUT2D eigenvalue weighted by molar-refractivity contribution is 0.0785. The number of likely N-dealkylation sites (tertiary alicyclic amines) is 1. The minimum absolute atomic E-state index is 0.0404. The van der Waals surface area contributed by atoms with Crippen LogP contribution in [0, 0.1) is 25.7 Å². The Bertz CT molecular complexity index is 1320. The fraction of sp³-hybridized carbons (Fsp3) is 0.320. The molecule has 4 aromatic heterocycles. The number of rotatable bonds is 3. The molecule has 6 rings (SSSR count). The summed E-state index contributed by atoms with van der Waals surface area (Å²) in [4.78, 5) is 31.6. The number of hydrogen-bond donors (Lipinski definition) is 0. The molecule has 0 radical (unpaired) electrons. The molecule has 8 nitrogen and oxygen atoms in total. The first-order valence-electron chi connectivity index (χ1n) is 11.3. The second-order valence-electron chi connectivity index (χ2n) is 9.08. The van der Waals surface area contributed by atoms with E-state index in [4.69, 9.17) is 5.10 Å². The molecule has 33 heavy (non-hydrogen) atoms. The number of fused-ring (bicyclic) bond motifs is 2. The minimum atomic E-state index is 0.0404. The molecule has 2 saturated heterocycles. The van der Waals surface area contributed by atoms with E-state index in [1.807, 2.05) is 61.3 Å². The molecule has 0 bridgehead atoms. The topological polar surface area (TPSA) is 79.5 Å². The first-order chi connectivity index (χ1) is 16.1. The predicted molar refractivity (Wildman–Crippen MR) is 125 cm³/mol. The molecule has 0 aliphatic carbocycles. The standard InChI is InChI=1S/C25H25N7O/c1-16-10-17(2)28-25(27-16)31-14-19-12-30(13-20(19)15-31)24(33)22-21-7-3-4-9-32(21)29-23(22)18-6-5-8-26-11-18/h3-11,19-20H,12-15H2,1-2H3/t19-,20+. The van der Waals surface area contributed by atoms with Gasteiger partial charge in [0.25, 0.3) is 5.91 Å². The molecule has 2 atom stereocenters. The Kier molecular flexibility index (Phi) is 4.60. The van der Waals surface area contributed by atoms with Gasteiger partial charge in [0, 0.05) is 73.6 Å². The van der Waals surface area contributed by atoms with Crippen molar-refractivity contribution in [2.24, 2.45) is 11.8 Å². The summed E-state index contributed by atoms with van der Waals surface area (Å²) in [6.07, 6.45) is 5.37. The number of nitrogens with zero attached hydrogens (tertiary/aromatic N) is 7. The first kappa shape index (κ1) is 19.8. The number of carbonyl (C=O) groups excluding carboxylic acids is 1. The van der Waals surface area contributed by atoms with E-state index in [-0.39, 0.29) is 5.91 Å². The molecular weight excluding hydrogens is 414 g/mol. The third kappa shape index (κ3) is 3.42. The van der Waals surface area contributed by atoms with Gasteiger partial charge in [0.05, 0.1) is 11.1 Å². The van der Waals surface area contributed by atoms with Crippen molar-refractivity contribution in [3.05, 3.63) is 71.9 Å². The lowest BCUT2D eigenvalue weighted by atomic mass is 10.0. The van der Waals surface area contributed by atoms with Crippen molar-refractivity contribution in [1.82, 2.24) is 29.5 Å². The molecule has 4 aromatic rings. The zero-order chi connectivity index (χ0) is 22.5. The maximum atomic E-state index is 13.8. The van der Waals surface area contributed by atoms with Gasteiger partial charge in [0.2, 0.25) is 5.95 Å². The van der Waals surface area contributed by atoms with E-state index in [0.717, 1.165) is 54.6 Å². The van der Waals surface area contributed by atoms with Crippen LogP contribution in [0.25, 0.3) is 16.8 Å². The number of hydrogen-bond acceptors (Lipinski definition) is 6. The van der Waals surface area contributed by atoms with Gasteiger partial charge in [-0.15, -0.1) is 0 Å². The molecule has 2 aliphatic rings. The van der Waals surface area contributed by atoms with Gasteiger partial charge < -0.3 is 9.80 Å². The zero-order valence-electron chi connectivity index (χ0n) is 18.7. The number of aromatic nitrogens is 5. The van der Waals surface area contributed by atoms with Crippen LogP contribution < -0.4 is 4.90 Å². The lowest BCUT2D eigenvalue weighted by Crippen LogP contribution is -2.34. The van der Waals surface area contributed by atoms with E-state index in [9.17, 15) is 4.79 Å². The van der Waals surface area contributed by atoms with E-state index in [2.05, 4.69) is 19.9 Å². The van der Waals surface area contributed by atoms with E-state index >= 15 is 0 Å². The van der Waals surface area contributed by atoms with Crippen molar-refractivity contribution in [3.8, 4) is 11.3 Å².